The van der Waals surface area contributed by atoms with Crippen molar-refractivity contribution in [2.75, 3.05) is 20.3 Å². The molecule has 0 radical (unpaired) electrons. The molecule has 0 heterocycles. The van der Waals surface area contributed by atoms with E-state index in [2.05, 4.69) is 11.2 Å². The maximum atomic E-state index is 8.23. The molecule has 16 heavy (non-hydrogen) atoms. The maximum Gasteiger partial charge on any atom is 0.127 e. The molecule has 1 aromatic rings. The molecule has 1 rings (SSSR count). The smallest absolute Gasteiger partial charge is 0.127 e. The van der Waals surface area contributed by atoms with Crippen molar-refractivity contribution >= 4 is 6.21 Å². The fraction of sp³-hybridized carbons (Fsp3) is 0.417. The van der Waals surface area contributed by atoms with E-state index in [-0.39, 0.29) is 6.61 Å². The van der Waals surface area contributed by atoms with E-state index in [1.807, 2.05) is 19.1 Å². The van der Waals surface area contributed by atoms with Crippen LogP contribution in [0.1, 0.15) is 11.1 Å². The first-order chi connectivity index (χ1) is 7.77. The summed E-state index contributed by atoms with van der Waals surface area (Å²) < 4.78 is 10.4. The van der Waals surface area contributed by atoms with Crippen LogP contribution >= 0.6 is 0 Å². The molecule has 0 atom stereocenters. The Morgan fingerprint density at radius 3 is 2.88 bits per heavy atom. The fourth-order valence-electron chi connectivity index (χ4n) is 1.41. The van der Waals surface area contributed by atoms with E-state index in [4.69, 9.17) is 14.7 Å². The average molecular weight is 223 g/mol. The van der Waals surface area contributed by atoms with E-state index in [0.717, 1.165) is 24.3 Å². The first-order valence-corrected chi connectivity index (χ1v) is 5.15. The summed E-state index contributed by atoms with van der Waals surface area (Å²) in [6.07, 6.45) is 2.20. The van der Waals surface area contributed by atoms with Gasteiger partial charge in [0.05, 0.1) is 12.8 Å². The van der Waals surface area contributed by atoms with E-state index >= 15 is 0 Å². The van der Waals surface area contributed by atoms with Gasteiger partial charge in [-0.25, -0.2) is 0 Å². The van der Waals surface area contributed by atoms with E-state index in [1.54, 1.807) is 7.11 Å². The highest BCUT2D eigenvalue weighted by Gasteiger charge is 2.00. The van der Waals surface area contributed by atoms with Crippen molar-refractivity contribution < 1.29 is 14.7 Å². The fourth-order valence-corrected chi connectivity index (χ4v) is 1.41. The number of hydrogen-bond donors (Lipinski definition) is 1. The number of rotatable bonds is 6. The lowest BCUT2D eigenvalue weighted by Gasteiger charge is -2.08. The topological polar surface area (TPSA) is 51.0 Å². The highest BCUT2D eigenvalue weighted by atomic mass is 16.5. The predicted molar refractivity (Wildman–Crippen MR) is 62.5 cm³/mol. The van der Waals surface area contributed by atoms with Gasteiger partial charge in [-0.3, -0.25) is 0 Å². The Balaban J connectivity index is 2.60. The van der Waals surface area contributed by atoms with Crippen molar-refractivity contribution in [2.45, 2.75) is 13.3 Å². The van der Waals surface area contributed by atoms with E-state index < -0.39 is 0 Å². The van der Waals surface area contributed by atoms with Crippen molar-refractivity contribution in [2.24, 2.45) is 5.16 Å². The van der Waals surface area contributed by atoms with Crippen LogP contribution < -0.4 is 4.74 Å². The molecule has 0 aliphatic carbocycles. The number of nitrogens with zero attached hydrogens (tertiary/aromatic N) is 1. The zero-order valence-electron chi connectivity index (χ0n) is 9.64. The first-order valence-electron chi connectivity index (χ1n) is 5.15. The lowest BCUT2D eigenvalue weighted by Crippen LogP contribution is -2.01. The molecular formula is C12H17NO3. The zero-order valence-corrected chi connectivity index (χ0v) is 9.64. The van der Waals surface area contributed by atoms with Gasteiger partial charge >= 0.3 is 0 Å². The molecule has 0 aliphatic rings. The summed E-state index contributed by atoms with van der Waals surface area (Å²) in [6, 6.07) is 6.01. The van der Waals surface area contributed by atoms with Gasteiger partial charge in [0.1, 0.15) is 12.4 Å². The SMILES string of the molecule is COCCc1ccc(OC/C=N\O)c(C)c1. The van der Waals surface area contributed by atoms with Gasteiger partial charge in [-0.15, -0.1) is 0 Å². The van der Waals surface area contributed by atoms with Crippen molar-refractivity contribution in [3.05, 3.63) is 29.3 Å². The van der Waals surface area contributed by atoms with Crippen LogP contribution in [0.15, 0.2) is 23.4 Å². The molecular weight excluding hydrogens is 206 g/mol. The zero-order chi connectivity index (χ0) is 11.8. The predicted octanol–water partition coefficient (Wildman–Crippen LogP) is 2.02. The van der Waals surface area contributed by atoms with Crippen molar-refractivity contribution in [3.63, 3.8) is 0 Å². The van der Waals surface area contributed by atoms with E-state index in [1.165, 1.54) is 11.8 Å². The van der Waals surface area contributed by atoms with E-state index in [9.17, 15) is 0 Å². The number of methoxy groups -OCH3 is 1. The maximum absolute atomic E-state index is 8.23. The Hall–Kier alpha value is -1.55. The lowest BCUT2D eigenvalue weighted by atomic mass is 10.1. The Kier molecular flexibility index (Phi) is 5.36. The van der Waals surface area contributed by atoms with Gasteiger partial charge in [0.15, 0.2) is 0 Å². The Morgan fingerprint density at radius 2 is 2.25 bits per heavy atom. The molecule has 0 saturated heterocycles. The standard InChI is InChI=1S/C12H17NO3/c1-10-9-11(5-7-15-2)3-4-12(10)16-8-6-13-14/h3-4,6,9,14H,5,7-8H2,1-2H3/b13-6-. The minimum absolute atomic E-state index is 0.273. The van der Waals surface area contributed by atoms with Gasteiger partial charge in [0, 0.05) is 7.11 Å². The monoisotopic (exact) mass is 223 g/mol. The van der Waals surface area contributed by atoms with Crippen LogP contribution in [0.4, 0.5) is 0 Å². The molecule has 0 aromatic heterocycles. The Morgan fingerprint density at radius 1 is 1.44 bits per heavy atom. The number of aryl methyl sites for hydroxylation is 1. The molecule has 0 spiro atoms. The van der Waals surface area contributed by atoms with Crippen LogP contribution in [-0.4, -0.2) is 31.7 Å². The summed E-state index contributed by atoms with van der Waals surface area (Å²) >= 11 is 0. The second kappa shape index (κ2) is 6.85. The number of ether oxygens (including phenoxy) is 2. The van der Waals surface area contributed by atoms with Crippen LogP contribution in [-0.2, 0) is 11.2 Å². The minimum Gasteiger partial charge on any atom is -0.488 e. The third kappa shape index (κ3) is 3.90. The summed E-state index contributed by atoms with van der Waals surface area (Å²) in [6.45, 7) is 2.98. The Bertz CT molecular complexity index is 350. The molecule has 0 amide bonds. The summed E-state index contributed by atoms with van der Waals surface area (Å²) in [5, 5.41) is 11.1. The van der Waals surface area contributed by atoms with Crippen LogP contribution in [0.25, 0.3) is 0 Å². The first kappa shape index (κ1) is 12.5. The second-order valence-electron chi connectivity index (χ2n) is 3.45. The molecule has 88 valence electrons. The molecule has 0 aliphatic heterocycles. The third-order valence-electron chi connectivity index (χ3n) is 2.23. The summed E-state index contributed by atoms with van der Waals surface area (Å²) in [7, 11) is 1.69. The van der Waals surface area contributed by atoms with Gasteiger partial charge in [0.2, 0.25) is 0 Å². The van der Waals surface area contributed by atoms with Gasteiger partial charge in [-0.1, -0.05) is 17.3 Å². The number of hydrogen-bond acceptors (Lipinski definition) is 4. The highest BCUT2D eigenvalue weighted by Crippen LogP contribution is 2.19. The third-order valence-corrected chi connectivity index (χ3v) is 2.23. The summed E-state index contributed by atoms with van der Waals surface area (Å²) in [5.41, 5.74) is 2.29. The number of oxime groups is 1. The van der Waals surface area contributed by atoms with E-state index in [0.29, 0.717) is 0 Å². The van der Waals surface area contributed by atoms with Gasteiger partial charge in [-0.2, -0.15) is 0 Å². The lowest BCUT2D eigenvalue weighted by molar-refractivity contribution is 0.202. The van der Waals surface area contributed by atoms with Gasteiger partial charge in [-0.05, 0) is 30.5 Å². The number of benzene rings is 1. The largest absolute Gasteiger partial charge is 0.488 e. The van der Waals surface area contributed by atoms with Gasteiger partial charge in [0.25, 0.3) is 0 Å². The van der Waals surface area contributed by atoms with Gasteiger partial charge < -0.3 is 14.7 Å². The van der Waals surface area contributed by atoms with Crippen molar-refractivity contribution in [3.8, 4) is 5.75 Å². The molecule has 0 unspecified atom stereocenters. The van der Waals surface area contributed by atoms with Crippen molar-refractivity contribution in [1.29, 1.82) is 0 Å². The minimum atomic E-state index is 0.273. The van der Waals surface area contributed by atoms with Crippen molar-refractivity contribution in [1.82, 2.24) is 0 Å². The molecule has 0 bridgehead atoms. The molecule has 0 saturated carbocycles. The summed E-state index contributed by atoms with van der Waals surface area (Å²) in [4.78, 5) is 0. The van der Waals surface area contributed by atoms with Crippen LogP contribution in [0.2, 0.25) is 0 Å². The molecule has 0 fully saturated rings. The molecule has 4 nitrogen and oxygen atoms in total. The average Bonchev–Trinajstić information content (AvgIpc) is 2.29. The molecule has 1 N–H and O–H groups in total. The molecule has 4 heteroatoms. The quantitative estimate of drug-likeness (QED) is 0.456. The van der Waals surface area contributed by atoms with Crippen LogP contribution in [0.3, 0.4) is 0 Å². The summed E-state index contributed by atoms with van der Waals surface area (Å²) in [5.74, 6) is 0.807. The van der Waals surface area contributed by atoms with Crippen LogP contribution in [0, 0.1) is 6.92 Å². The molecule has 1 aromatic carbocycles. The normalized spacial score (nSPS) is 10.9. The second-order valence-corrected chi connectivity index (χ2v) is 3.45. The highest BCUT2D eigenvalue weighted by molar-refractivity contribution is 5.58. The Labute approximate surface area is 95.5 Å². The van der Waals surface area contributed by atoms with Crippen LogP contribution in [0.5, 0.6) is 5.75 Å².